The predicted octanol–water partition coefficient (Wildman–Crippen LogP) is 6.56. The Morgan fingerprint density at radius 1 is 0.963 bits per heavy atom. The first-order chi connectivity index (χ1) is 12.9. The van der Waals surface area contributed by atoms with Crippen molar-refractivity contribution >= 4 is 0 Å². The molecule has 0 aromatic rings. The molecule has 1 N–H and O–H groups in total. The summed E-state index contributed by atoms with van der Waals surface area (Å²) in [5, 5.41) is 3.57. The van der Waals surface area contributed by atoms with E-state index in [1.807, 2.05) is 0 Å². The number of hydrogen-bond donors (Lipinski definition) is 1. The van der Waals surface area contributed by atoms with Crippen molar-refractivity contribution in [1.82, 2.24) is 10.2 Å². The van der Waals surface area contributed by atoms with Gasteiger partial charge in [-0.15, -0.1) is 0 Å². The Bertz CT molecular complexity index is 453. The summed E-state index contributed by atoms with van der Waals surface area (Å²) in [5.41, 5.74) is 2.42. The normalized spacial score (nSPS) is 28.0. The van der Waals surface area contributed by atoms with E-state index in [1.165, 1.54) is 96.7 Å². The number of rotatable bonds is 12. The summed E-state index contributed by atoms with van der Waals surface area (Å²) in [6.07, 6.45) is 19.5. The van der Waals surface area contributed by atoms with Crippen LogP contribution < -0.4 is 5.32 Å². The molecule has 0 radical (unpaired) electrons. The molecule has 0 aromatic carbocycles. The van der Waals surface area contributed by atoms with Gasteiger partial charge in [0, 0.05) is 30.0 Å². The molecule has 0 amide bonds. The first kappa shape index (κ1) is 22.9. The minimum absolute atomic E-state index is 0.297. The Balaban J connectivity index is 1.65. The maximum Gasteiger partial charge on any atom is 0.0166 e. The second-order valence-electron chi connectivity index (χ2n) is 10.2. The molecule has 0 bridgehead atoms. The van der Waals surface area contributed by atoms with E-state index in [9.17, 15) is 0 Å². The summed E-state index contributed by atoms with van der Waals surface area (Å²) in [6.45, 7) is 13.5. The lowest BCUT2D eigenvalue weighted by atomic mass is 9.57. The fourth-order valence-corrected chi connectivity index (χ4v) is 5.87. The van der Waals surface area contributed by atoms with Gasteiger partial charge in [0.15, 0.2) is 0 Å². The van der Waals surface area contributed by atoms with Gasteiger partial charge in [-0.3, -0.25) is 4.90 Å². The van der Waals surface area contributed by atoms with Crippen molar-refractivity contribution in [3.05, 3.63) is 11.6 Å². The number of nitrogens with zero attached hydrogens (tertiary/aromatic N) is 1. The molecule has 2 heteroatoms. The lowest BCUT2D eigenvalue weighted by molar-refractivity contribution is 0.0917. The van der Waals surface area contributed by atoms with E-state index in [4.69, 9.17) is 0 Å². The predicted molar refractivity (Wildman–Crippen MR) is 120 cm³/mol. The zero-order chi connectivity index (χ0) is 19.8. The monoisotopic (exact) mass is 376 g/mol. The van der Waals surface area contributed by atoms with Crippen LogP contribution in [0.5, 0.6) is 0 Å². The second kappa shape index (κ2) is 11.0. The van der Waals surface area contributed by atoms with Gasteiger partial charge in [0.25, 0.3) is 0 Å². The van der Waals surface area contributed by atoms with Crippen molar-refractivity contribution in [3.63, 3.8) is 0 Å². The minimum atomic E-state index is 0.297. The molecule has 2 atom stereocenters. The van der Waals surface area contributed by atoms with Crippen molar-refractivity contribution in [3.8, 4) is 0 Å². The van der Waals surface area contributed by atoms with Crippen LogP contribution >= 0.6 is 0 Å². The molecule has 2 aliphatic rings. The van der Waals surface area contributed by atoms with Gasteiger partial charge in [0.1, 0.15) is 0 Å². The van der Waals surface area contributed by atoms with Crippen molar-refractivity contribution in [1.29, 1.82) is 0 Å². The number of fused-ring (bicyclic) bond motifs is 1. The van der Waals surface area contributed by atoms with Crippen LogP contribution in [0.2, 0.25) is 0 Å². The average Bonchev–Trinajstić information content (AvgIpc) is 2.62. The van der Waals surface area contributed by atoms with Crippen LogP contribution in [0.25, 0.3) is 0 Å². The summed E-state index contributed by atoms with van der Waals surface area (Å²) in [7, 11) is 2.13. The fourth-order valence-electron chi connectivity index (χ4n) is 5.87. The number of unbranched alkanes of at least 4 members (excludes halogenated alkanes) is 9. The van der Waals surface area contributed by atoms with Gasteiger partial charge < -0.3 is 5.32 Å². The third-order valence-electron chi connectivity index (χ3n) is 7.50. The van der Waals surface area contributed by atoms with Gasteiger partial charge in [-0.25, -0.2) is 0 Å². The maximum absolute atomic E-state index is 3.57. The molecular formula is C25H48N2. The molecule has 0 unspecified atom stereocenters. The smallest absolute Gasteiger partial charge is 0.0166 e. The van der Waals surface area contributed by atoms with Crippen LogP contribution in [0.15, 0.2) is 11.6 Å². The highest BCUT2D eigenvalue weighted by Crippen LogP contribution is 2.52. The lowest BCUT2D eigenvalue weighted by Crippen LogP contribution is -2.54. The summed E-state index contributed by atoms with van der Waals surface area (Å²) in [4.78, 5) is 2.73. The van der Waals surface area contributed by atoms with Crippen LogP contribution in [0.4, 0.5) is 0 Å². The summed E-state index contributed by atoms with van der Waals surface area (Å²) >= 11 is 0. The first-order valence-corrected chi connectivity index (χ1v) is 12.0. The Hall–Kier alpha value is -0.340. The Kier molecular flexibility index (Phi) is 9.35. The average molecular weight is 377 g/mol. The molecule has 1 saturated carbocycles. The van der Waals surface area contributed by atoms with Crippen LogP contribution in [-0.2, 0) is 0 Å². The SMILES string of the molecule is CCCCCCCCCCCCN1CC=C2C(C)(C)[C@@H](NC)CC[C@]2(C)C1. The molecule has 1 fully saturated rings. The van der Waals surface area contributed by atoms with Crippen LogP contribution in [0.1, 0.15) is 105 Å². The second-order valence-corrected chi connectivity index (χ2v) is 10.2. The van der Waals surface area contributed by atoms with Gasteiger partial charge >= 0.3 is 0 Å². The third-order valence-corrected chi connectivity index (χ3v) is 7.50. The third kappa shape index (κ3) is 6.32. The van der Waals surface area contributed by atoms with E-state index in [2.05, 4.69) is 51.0 Å². The zero-order valence-corrected chi connectivity index (χ0v) is 19.2. The summed E-state index contributed by atoms with van der Waals surface area (Å²) < 4.78 is 0. The molecule has 27 heavy (non-hydrogen) atoms. The highest BCUT2D eigenvalue weighted by molar-refractivity contribution is 5.29. The summed E-state index contributed by atoms with van der Waals surface area (Å²) in [5.74, 6) is 0. The molecule has 0 saturated heterocycles. The van der Waals surface area contributed by atoms with Gasteiger partial charge in [-0.05, 0) is 32.9 Å². The lowest BCUT2D eigenvalue weighted by Gasteiger charge is -2.54. The molecule has 0 aromatic heterocycles. The van der Waals surface area contributed by atoms with Gasteiger partial charge in [0.05, 0.1) is 0 Å². The largest absolute Gasteiger partial charge is 0.316 e. The van der Waals surface area contributed by atoms with Crippen LogP contribution in [0, 0.1) is 10.8 Å². The van der Waals surface area contributed by atoms with Gasteiger partial charge in [0.2, 0.25) is 0 Å². The van der Waals surface area contributed by atoms with Gasteiger partial charge in [-0.2, -0.15) is 0 Å². The van der Waals surface area contributed by atoms with E-state index >= 15 is 0 Å². The zero-order valence-electron chi connectivity index (χ0n) is 19.2. The number of nitrogens with one attached hydrogen (secondary N) is 1. The van der Waals surface area contributed by atoms with E-state index in [1.54, 1.807) is 5.57 Å². The van der Waals surface area contributed by atoms with Crippen molar-refractivity contribution in [2.24, 2.45) is 10.8 Å². The van der Waals surface area contributed by atoms with E-state index in [0.29, 0.717) is 16.9 Å². The molecule has 1 heterocycles. The highest BCUT2D eigenvalue weighted by Gasteiger charge is 2.48. The first-order valence-electron chi connectivity index (χ1n) is 12.0. The van der Waals surface area contributed by atoms with Crippen molar-refractivity contribution < 1.29 is 0 Å². The van der Waals surface area contributed by atoms with Crippen LogP contribution in [-0.4, -0.2) is 37.6 Å². The highest BCUT2D eigenvalue weighted by atomic mass is 15.1. The van der Waals surface area contributed by atoms with Gasteiger partial charge in [-0.1, -0.05) is 97.1 Å². The maximum atomic E-state index is 3.57. The quantitative estimate of drug-likeness (QED) is 0.306. The van der Waals surface area contributed by atoms with E-state index in [-0.39, 0.29) is 0 Å². The molecule has 2 nitrogen and oxygen atoms in total. The topological polar surface area (TPSA) is 15.3 Å². The Morgan fingerprint density at radius 3 is 2.15 bits per heavy atom. The van der Waals surface area contributed by atoms with E-state index in [0.717, 1.165) is 0 Å². The molecule has 2 rings (SSSR count). The molecule has 158 valence electrons. The Morgan fingerprint density at radius 2 is 1.56 bits per heavy atom. The van der Waals surface area contributed by atoms with Crippen LogP contribution in [0.3, 0.4) is 0 Å². The molecular weight excluding hydrogens is 328 g/mol. The van der Waals surface area contributed by atoms with Crippen molar-refractivity contribution in [2.45, 2.75) is 111 Å². The Labute approximate surface area is 170 Å². The standard InChI is InChI=1S/C25H48N2/c1-6-7-8-9-10-11-12-13-14-15-19-27-20-17-22-24(2,3)23(26-5)16-18-25(22,4)21-27/h17,23,26H,6-16,18-21H2,1-5H3/t23-,25+/m0/s1. The minimum Gasteiger partial charge on any atom is -0.316 e. The molecule has 1 aliphatic heterocycles. The fraction of sp³-hybridized carbons (Fsp3) is 0.920. The summed E-state index contributed by atoms with van der Waals surface area (Å²) in [6, 6.07) is 0.630. The molecule has 0 spiro atoms. The van der Waals surface area contributed by atoms with Crippen molar-refractivity contribution in [2.75, 3.05) is 26.7 Å². The number of hydrogen-bond acceptors (Lipinski definition) is 2. The van der Waals surface area contributed by atoms with E-state index < -0.39 is 0 Å². The molecule has 1 aliphatic carbocycles.